The van der Waals surface area contributed by atoms with E-state index in [2.05, 4.69) is 10.3 Å². The first kappa shape index (κ1) is 20.4. The Morgan fingerprint density at radius 1 is 1.27 bits per heavy atom. The first-order chi connectivity index (χ1) is 14.3. The summed E-state index contributed by atoms with van der Waals surface area (Å²) in [6.07, 6.45) is -0.685. The predicted molar refractivity (Wildman–Crippen MR) is 119 cm³/mol. The van der Waals surface area contributed by atoms with Crippen molar-refractivity contribution in [1.29, 1.82) is 0 Å². The highest BCUT2D eigenvalue weighted by atomic mass is 35.5. The average Bonchev–Trinajstić information content (AvgIpc) is 3.16. The zero-order valence-electron chi connectivity index (χ0n) is 16.7. The lowest BCUT2D eigenvalue weighted by Crippen LogP contribution is -2.52. The van der Waals surface area contributed by atoms with Crippen molar-refractivity contribution < 1.29 is 14.3 Å². The Hall–Kier alpha value is -2.90. The van der Waals surface area contributed by atoms with Gasteiger partial charge in [0.05, 0.1) is 16.4 Å². The van der Waals surface area contributed by atoms with Crippen LogP contribution in [0.2, 0.25) is 5.02 Å². The van der Waals surface area contributed by atoms with Crippen molar-refractivity contribution in [3.63, 3.8) is 0 Å². The van der Waals surface area contributed by atoms with E-state index in [1.54, 1.807) is 49.4 Å². The van der Waals surface area contributed by atoms with Gasteiger partial charge in [-0.15, -0.1) is 11.3 Å². The Morgan fingerprint density at radius 3 is 2.67 bits per heavy atom. The largest absolute Gasteiger partial charge is 0.479 e. The molecule has 2 aromatic carbocycles. The molecule has 2 unspecified atom stereocenters. The number of carbonyl (C=O) groups is 2. The van der Waals surface area contributed by atoms with E-state index >= 15 is 0 Å². The van der Waals surface area contributed by atoms with Gasteiger partial charge in [-0.05, 0) is 63.2 Å². The van der Waals surface area contributed by atoms with E-state index in [1.807, 2.05) is 30.5 Å². The average molecular weight is 442 g/mol. The molecule has 0 saturated carbocycles. The fourth-order valence-corrected chi connectivity index (χ4v) is 4.06. The Labute approximate surface area is 183 Å². The van der Waals surface area contributed by atoms with E-state index in [-0.39, 0.29) is 11.8 Å². The van der Waals surface area contributed by atoms with Crippen molar-refractivity contribution in [3.05, 3.63) is 57.9 Å². The molecule has 154 valence electrons. The molecule has 1 aliphatic heterocycles. The number of nitrogens with one attached hydrogen (secondary N) is 1. The number of aryl methyl sites for hydroxylation is 1. The number of thiazole rings is 1. The molecule has 0 bridgehead atoms. The lowest BCUT2D eigenvalue weighted by molar-refractivity contribution is -0.128. The maximum Gasteiger partial charge on any atom is 0.268 e. The highest BCUT2D eigenvalue weighted by Gasteiger charge is 2.37. The van der Waals surface area contributed by atoms with Crippen LogP contribution >= 0.6 is 22.9 Å². The Bertz CT molecular complexity index is 1110. The van der Waals surface area contributed by atoms with Gasteiger partial charge in [0.25, 0.3) is 5.91 Å². The third kappa shape index (κ3) is 3.91. The molecule has 2 atom stereocenters. The monoisotopic (exact) mass is 441 g/mol. The van der Waals surface area contributed by atoms with Gasteiger partial charge in [-0.3, -0.25) is 14.5 Å². The molecule has 0 aliphatic carbocycles. The number of fused-ring (bicyclic) bond motifs is 1. The molecule has 0 saturated heterocycles. The van der Waals surface area contributed by atoms with E-state index in [4.69, 9.17) is 16.3 Å². The van der Waals surface area contributed by atoms with E-state index in [0.29, 0.717) is 22.1 Å². The Kier molecular flexibility index (Phi) is 5.49. The first-order valence-electron chi connectivity index (χ1n) is 9.46. The van der Waals surface area contributed by atoms with E-state index in [9.17, 15) is 9.59 Å². The summed E-state index contributed by atoms with van der Waals surface area (Å²) < 4.78 is 5.78. The molecular weight excluding hydrogens is 422 g/mol. The minimum Gasteiger partial charge on any atom is -0.479 e. The van der Waals surface area contributed by atoms with Gasteiger partial charge in [-0.2, -0.15) is 0 Å². The topological polar surface area (TPSA) is 71.5 Å². The molecule has 6 nitrogen and oxygen atoms in total. The van der Waals surface area contributed by atoms with Gasteiger partial charge in [0.2, 0.25) is 5.91 Å². The zero-order valence-corrected chi connectivity index (χ0v) is 18.3. The lowest BCUT2D eigenvalue weighted by Gasteiger charge is -2.36. The van der Waals surface area contributed by atoms with Crippen LogP contribution in [0, 0.1) is 6.92 Å². The van der Waals surface area contributed by atoms with Crippen LogP contribution in [-0.2, 0) is 9.59 Å². The van der Waals surface area contributed by atoms with Crippen molar-refractivity contribution in [1.82, 2.24) is 4.98 Å². The normalized spacial score (nSPS) is 16.6. The summed E-state index contributed by atoms with van der Waals surface area (Å²) in [6, 6.07) is 11.7. The van der Waals surface area contributed by atoms with Crippen LogP contribution in [-0.4, -0.2) is 28.9 Å². The molecule has 0 spiro atoms. The van der Waals surface area contributed by atoms with Crippen LogP contribution in [0.15, 0.2) is 47.8 Å². The summed E-state index contributed by atoms with van der Waals surface area (Å²) in [5.74, 6) is -0.0163. The predicted octanol–water partition coefficient (Wildman–Crippen LogP) is 4.91. The number of rotatable bonds is 4. The van der Waals surface area contributed by atoms with E-state index in [1.165, 1.54) is 4.90 Å². The van der Waals surface area contributed by atoms with Gasteiger partial charge < -0.3 is 10.1 Å². The first-order valence-corrected chi connectivity index (χ1v) is 10.7. The molecule has 4 rings (SSSR count). The zero-order chi connectivity index (χ0) is 21.4. The number of carbonyl (C=O) groups excluding carboxylic acids is 2. The molecule has 0 radical (unpaired) electrons. The summed E-state index contributed by atoms with van der Waals surface area (Å²) in [7, 11) is 0. The van der Waals surface area contributed by atoms with E-state index < -0.39 is 12.1 Å². The number of aromatic nitrogens is 1. The van der Waals surface area contributed by atoms with Crippen molar-refractivity contribution in [2.24, 2.45) is 0 Å². The standard InChI is InChI=1S/C22H20ClN3O3S/c1-12(21(27)25-17-7-5-16(23)6-8-17)26-19-10-15(18-11-30-14(3)24-18)4-9-20(19)29-13(2)22(26)28/h4-13H,1-3H3,(H,25,27). The SMILES string of the molecule is Cc1nc(-c2ccc3c(c2)N(C(C)C(=O)Nc2ccc(Cl)cc2)C(=O)C(C)O3)cs1. The second-order valence-corrected chi connectivity index (χ2v) is 8.57. The maximum absolute atomic E-state index is 13.0. The number of ether oxygens (including phenoxy) is 1. The molecule has 30 heavy (non-hydrogen) atoms. The van der Waals surface area contributed by atoms with Gasteiger partial charge in [-0.1, -0.05) is 11.6 Å². The van der Waals surface area contributed by atoms with Gasteiger partial charge in [0, 0.05) is 21.7 Å². The molecular formula is C22H20ClN3O3S. The van der Waals surface area contributed by atoms with Crippen LogP contribution in [0.1, 0.15) is 18.9 Å². The molecule has 1 N–H and O–H groups in total. The number of hydrogen-bond acceptors (Lipinski definition) is 5. The third-order valence-electron chi connectivity index (χ3n) is 4.90. The maximum atomic E-state index is 13.0. The minimum absolute atomic E-state index is 0.270. The molecule has 8 heteroatoms. The molecule has 0 fully saturated rings. The Balaban J connectivity index is 1.67. The quantitative estimate of drug-likeness (QED) is 0.624. The van der Waals surface area contributed by atoms with Gasteiger partial charge in [0.15, 0.2) is 6.10 Å². The molecule has 2 amide bonds. The third-order valence-corrected chi connectivity index (χ3v) is 5.93. The lowest BCUT2D eigenvalue weighted by atomic mass is 10.1. The highest BCUT2D eigenvalue weighted by molar-refractivity contribution is 7.09. The van der Waals surface area contributed by atoms with Gasteiger partial charge >= 0.3 is 0 Å². The summed E-state index contributed by atoms with van der Waals surface area (Å²) in [6.45, 7) is 5.32. The van der Waals surface area contributed by atoms with Crippen LogP contribution in [0.3, 0.4) is 0 Å². The minimum atomic E-state index is -0.745. The molecule has 3 aromatic rings. The summed E-state index contributed by atoms with van der Waals surface area (Å²) in [5.41, 5.74) is 2.85. The fourth-order valence-electron chi connectivity index (χ4n) is 3.31. The van der Waals surface area contributed by atoms with Gasteiger partial charge in [0.1, 0.15) is 11.8 Å². The number of benzene rings is 2. The second kappa shape index (κ2) is 8.08. The number of anilines is 2. The van der Waals surface area contributed by atoms with Crippen LogP contribution < -0.4 is 15.0 Å². The second-order valence-electron chi connectivity index (χ2n) is 7.07. The van der Waals surface area contributed by atoms with Crippen LogP contribution in [0.5, 0.6) is 5.75 Å². The van der Waals surface area contributed by atoms with Crippen molar-refractivity contribution in [2.45, 2.75) is 32.9 Å². The van der Waals surface area contributed by atoms with Gasteiger partial charge in [-0.25, -0.2) is 4.98 Å². The van der Waals surface area contributed by atoms with Crippen molar-refractivity contribution in [3.8, 4) is 17.0 Å². The summed E-state index contributed by atoms with van der Waals surface area (Å²) in [5, 5.41) is 6.34. The highest BCUT2D eigenvalue weighted by Crippen LogP contribution is 2.39. The van der Waals surface area contributed by atoms with Crippen LogP contribution in [0.25, 0.3) is 11.3 Å². The summed E-state index contributed by atoms with van der Waals surface area (Å²) in [4.78, 5) is 31.9. The fraction of sp³-hybridized carbons (Fsp3) is 0.227. The number of nitrogens with zero attached hydrogens (tertiary/aromatic N) is 2. The molecule has 2 heterocycles. The summed E-state index contributed by atoms with van der Waals surface area (Å²) >= 11 is 7.46. The van der Waals surface area contributed by atoms with Crippen LogP contribution in [0.4, 0.5) is 11.4 Å². The Morgan fingerprint density at radius 2 is 2.00 bits per heavy atom. The number of hydrogen-bond donors (Lipinski definition) is 1. The molecule has 1 aliphatic rings. The smallest absolute Gasteiger partial charge is 0.268 e. The van der Waals surface area contributed by atoms with Crippen molar-refractivity contribution in [2.75, 3.05) is 10.2 Å². The molecule has 1 aromatic heterocycles. The number of halogens is 1. The number of amides is 2. The van der Waals surface area contributed by atoms with Crippen molar-refractivity contribution >= 4 is 46.1 Å². The van der Waals surface area contributed by atoms with E-state index in [0.717, 1.165) is 16.3 Å².